The van der Waals surface area contributed by atoms with Gasteiger partial charge in [0, 0.05) is 0 Å². The second-order valence-electron chi connectivity index (χ2n) is 3.51. The molecule has 0 aliphatic rings. The van der Waals surface area contributed by atoms with E-state index >= 15 is 0 Å². The van der Waals surface area contributed by atoms with E-state index in [2.05, 4.69) is 0 Å². The quantitative estimate of drug-likeness (QED) is 0.777. The van der Waals surface area contributed by atoms with Gasteiger partial charge in [-0.15, -0.1) is 0 Å². The molecule has 18 heavy (non-hydrogen) atoms. The van der Waals surface area contributed by atoms with Crippen LogP contribution in [0, 0.1) is 0 Å². The van der Waals surface area contributed by atoms with E-state index in [1.165, 1.54) is 7.11 Å². The number of hydrogen-bond acceptors (Lipinski definition) is 5. The maximum absolute atomic E-state index is 12.1. The molecule has 94 valence electrons. The van der Waals surface area contributed by atoms with Gasteiger partial charge in [-0.25, -0.2) is 4.79 Å². The van der Waals surface area contributed by atoms with Crippen LogP contribution in [-0.2, 0) is 4.74 Å². The highest BCUT2D eigenvalue weighted by atomic mass is 16.5. The van der Waals surface area contributed by atoms with Crippen molar-refractivity contribution in [1.29, 1.82) is 0 Å². The van der Waals surface area contributed by atoms with Crippen molar-refractivity contribution in [3.05, 3.63) is 40.2 Å². The average molecular weight is 248 g/mol. The van der Waals surface area contributed by atoms with Crippen LogP contribution in [0.3, 0.4) is 0 Å². The van der Waals surface area contributed by atoms with Crippen molar-refractivity contribution < 1.29 is 18.7 Å². The van der Waals surface area contributed by atoms with Gasteiger partial charge in [0.1, 0.15) is 5.58 Å². The third kappa shape index (κ3) is 1.95. The Balaban J connectivity index is 2.73. The third-order valence-corrected chi connectivity index (χ3v) is 2.42. The minimum atomic E-state index is -0.711. The highest BCUT2D eigenvalue weighted by Crippen LogP contribution is 2.21. The Morgan fingerprint density at radius 2 is 2.06 bits per heavy atom. The summed E-state index contributed by atoms with van der Waals surface area (Å²) in [4.78, 5) is 23.8. The van der Waals surface area contributed by atoms with Gasteiger partial charge in [0.15, 0.2) is 0 Å². The molecule has 2 rings (SSSR count). The molecule has 0 N–H and O–H groups in total. The molecule has 1 aromatic heterocycles. The number of para-hydroxylation sites is 1. The van der Waals surface area contributed by atoms with E-state index < -0.39 is 5.97 Å². The molecule has 2 aromatic rings. The van der Waals surface area contributed by atoms with Gasteiger partial charge < -0.3 is 13.9 Å². The minimum absolute atomic E-state index is 0.132. The van der Waals surface area contributed by atoms with Crippen molar-refractivity contribution in [2.24, 2.45) is 0 Å². The molecule has 5 nitrogen and oxygen atoms in total. The van der Waals surface area contributed by atoms with Crippen molar-refractivity contribution in [3.8, 4) is 5.75 Å². The first-order valence-electron chi connectivity index (χ1n) is 5.46. The van der Waals surface area contributed by atoms with Crippen molar-refractivity contribution in [3.63, 3.8) is 0 Å². The summed E-state index contributed by atoms with van der Waals surface area (Å²) in [6.07, 6.45) is 0. The molecule has 0 radical (unpaired) electrons. The van der Waals surface area contributed by atoms with Gasteiger partial charge in [-0.05, 0) is 19.1 Å². The smallest absolute Gasteiger partial charge is 0.378 e. The van der Waals surface area contributed by atoms with Crippen LogP contribution in [0.25, 0.3) is 11.0 Å². The molecule has 0 amide bonds. The van der Waals surface area contributed by atoms with E-state index in [-0.39, 0.29) is 23.5 Å². The first-order valence-corrected chi connectivity index (χ1v) is 5.46. The maximum Gasteiger partial charge on any atom is 0.378 e. The fourth-order valence-electron chi connectivity index (χ4n) is 1.64. The lowest BCUT2D eigenvalue weighted by Gasteiger charge is -2.07. The second-order valence-corrected chi connectivity index (χ2v) is 3.51. The van der Waals surface area contributed by atoms with E-state index in [1.54, 1.807) is 31.2 Å². The SMILES string of the molecule is CCOC(=O)c1oc2ccccc2c(=O)c1OC. The largest absolute Gasteiger partial charge is 0.489 e. The van der Waals surface area contributed by atoms with Gasteiger partial charge >= 0.3 is 5.97 Å². The van der Waals surface area contributed by atoms with Crippen LogP contribution >= 0.6 is 0 Å². The van der Waals surface area contributed by atoms with Gasteiger partial charge in [-0.2, -0.15) is 0 Å². The molecule has 0 unspecified atom stereocenters. The molecule has 0 aliphatic carbocycles. The lowest BCUT2D eigenvalue weighted by Crippen LogP contribution is -2.14. The van der Waals surface area contributed by atoms with Crippen LogP contribution in [0.1, 0.15) is 17.5 Å². The maximum atomic E-state index is 12.1. The molecular formula is C13H12O5. The Labute approximate surface area is 103 Å². The summed E-state index contributed by atoms with van der Waals surface area (Å²) in [5.41, 5.74) is -0.0613. The Hall–Kier alpha value is -2.30. The predicted molar refractivity (Wildman–Crippen MR) is 65.0 cm³/mol. The molecule has 1 heterocycles. The number of ether oxygens (including phenoxy) is 2. The Morgan fingerprint density at radius 1 is 1.33 bits per heavy atom. The second kappa shape index (κ2) is 4.91. The van der Waals surface area contributed by atoms with Crippen molar-refractivity contribution in [2.45, 2.75) is 6.92 Å². The molecular weight excluding hydrogens is 236 g/mol. The Bertz CT molecular complexity index is 641. The van der Waals surface area contributed by atoms with Gasteiger partial charge in [0.05, 0.1) is 19.1 Å². The van der Waals surface area contributed by atoms with Crippen molar-refractivity contribution in [1.82, 2.24) is 0 Å². The van der Waals surface area contributed by atoms with E-state index in [1.807, 2.05) is 0 Å². The number of rotatable bonds is 3. The number of methoxy groups -OCH3 is 1. The standard InChI is InChI=1S/C13H12O5/c1-3-17-13(15)12-11(16-2)10(14)8-6-4-5-7-9(8)18-12/h4-7H,3H2,1-2H3. The van der Waals surface area contributed by atoms with E-state index in [0.717, 1.165) is 0 Å². The minimum Gasteiger partial charge on any atom is -0.489 e. The summed E-state index contributed by atoms with van der Waals surface area (Å²) in [6.45, 7) is 1.86. The molecule has 0 saturated carbocycles. The lowest BCUT2D eigenvalue weighted by molar-refractivity contribution is 0.0484. The predicted octanol–water partition coefficient (Wildman–Crippen LogP) is 1.98. The van der Waals surface area contributed by atoms with Gasteiger partial charge in [0.25, 0.3) is 5.76 Å². The van der Waals surface area contributed by atoms with Crippen LogP contribution in [-0.4, -0.2) is 19.7 Å². The first-order chi connectivity index (χ1) is 8.69. The highest BCUT2D eigenvalue weighted by Gasteiger charge is 2.22. The van der Waals surface area contributed by atoms with Crippen molar-refractivity contribution in [2.75, 3.05) is 13.7 Å². The zero-order chi connectivity index (χ0) is 13.1. The molecule has 0 aliphatic heterocycles. The summed E-state index contributed by atoms with van der Waals surface area (Å²) in [6, 6.07) is 6.65. The third-order valence-electron chi connectivity index (χ3n) is 2.42. The number of hydrogen-bond donors (Lipinski definition) is 0. The highest BCUT2D eigenvalue weighted by molar-refractivity contribution is 5.92. The van der Waals surface area contributed by atoms with Gasteiger partial charge in [0.2, 0.25) is 11.2 Å². The molecule has 0 saturated heterocycles. The van der Waals surface area contributed by atoms with E-state index in [4.69, 9.17) is 13.9 Å². The number of carbonyl (C=O) groups is 1. The summed E-state index contributed by atoms with van der Waals surface area (Å²) in [7, 11) is 1.31. The first kappa shape index (κ1) is 12.2. The molecule has 0 bridgehead atoms. The molecule has 5 heteroatoms. The summed E-state index contributed by atoms with van der Waals surface area (Å²) in [5.74, 6) is -1.05. The number of carbonyl (C=O) groups excluding carboxylic acids is 1. The van der Waals surface area contributed by atoms with E-state index in [9.17, 15) is 9.59 Å². The summed E-state index contributed by atoms with van der Waals surface area (Å²) >= 11 is 0. The van der Waals surface area contributed by atoms with Crippen LogP contribution in [0.15, 0.2) is 33.5 Å². The van der Waals surface area contributed by atoms with Gasteiger partial charge in [-0.3, -0.25) is 4.79 Å². The van der Waals surface area contributed by atoms with Crippen LogP contribution in [0.4, 0.5) is 0 Å². The van der Waals surface area contributed by atoms with Crippen molar-refractivity contribution >= 4 is 16.9 Å². The van der Waals surface area contributed by atoms with Crippen LogP contribution in [0.5, 0.6) is 5.75 Å². The summed E-state index contributed by atoms with van der Waals surface area (Å²) in [5, 5.41) is 0.363. The number of esters is 1. The van der Waals surface area contributed by atoms with Crippen LogP contribution < -0.4 is 10.2 Å². The zero-order valence-corrected chi connectivity index (χ0v) is 10.1. The lowest BCUT2D eigenvalue weighted by atomic mass is 10.2. The number of benzene rings is 1. The average Bonchev–Trinajstić information content (AvgIpc) is 2.39. The Kier molecular flexibility index (Phi) is 3.32. The summed E-state index contributed by atoms with van der Waals surface area (Å²) < 4.78 is 15.1. The number of fused-ring (bicyclic) bond motifs is 1. The molecule has 0 fully saturated rings. The molecule has 1 aromatic carbocycles. The molecule has 0 spiro atoms. The molecule has 0 atom stereocenters. The van der Waals surface area contributed by atoms with Crippen LogP contribution in [0.2, 0.25) is 0 Å². The normalized spacial score (nSPS) is 10.3. The zero-order valence-electron chi connectivity index (χ0n) is 10.1. The topological polar surface area (TPSA) is 65.7 Å². The fourth-order valence-corrected chi connectivity index (χ4v) is 1.64. The monoisotopic (exact) mass is 248 g/mol. The Morgan fingerprint density at radius 3 is 2.72 bits per heavy atom. The fraction of sp³-hybridized carbons (Fsp3) is 0.231. The van der Waals surface area contributed by atoms with E-state index in [0.29, 0.717) is 11.0 Å². The van der Waals surface area contributed by atoms with Gasteiger partial charge in [-0.1, -0.05) is 12.1 Å².